The Hall–Kier alpha value is -1.29. The second-order valence-corrected chi connectivity index (χ2v) is 6.65. The van der Waals surface area contributed by atoms with Crippen molar-refractivity contribution >= 4 is 11.5 Å². The van der Waals surface area contributed by atoms with E-state index in [1.54, 1.807) is 0 Å². The predicted octanol–water partition coefficient (Wildman–Crippen LogP) is 2.97. The van der Waals surface area contributed by atoms with Gasteiger partial charge in [0.05, 0.1) is 11.9 Å². The number of nitrogens with zero attached hydrogens (tertiary/aromatic N) is 3. The molecule has 0 aliphatic carbocycles. The first-order valence-electron chi connectivity index (χ1n) is 8.40. The largest absolute Gasteiger partial charge is 0.381 e. The van der Waals surface area contributed by atoms with Crippen molar-refractivity contribution < 1.29 is 0 Å². The number of hydrogen-bond acceptors (Lipinski definition) is 4. The molecular weight excluding hydrogens is 260 g/mol. The third kappa shape index (κ3) is 3.67. The molecule has 4 heteroatoms. The smallest absolute Gasteiger partial charge is 0.128 e. The van der Waals surface area contributed by atoms with E-state index < -0.39 is 0 Å². The molecule has 2 saturated heterocycles. The Balaban J connectivity index is 1.57. The molecule has 21 heavy (non-hydrogen) atoms. The van der Waals surface area contributed by atoms with Gasteiger partial charge in [-0.25, -0.2) is 4.98 Å². The van der Waals surface area contributed by atoms with Gasteiger partial charge in [0.1, 0.15) is 5.82 Å². The molecule has 1 N–H and O–H groups in total. The normalized spacial score (nSPS) is 27.6. The van der Waals surface area contributed by atoms with Gasteiger partial charge in [-0.05, 0) is 58.2 Å². The summed E-state index contributed by atoms with van der Waals surface area (Å²) >= 11 is 0. The summed E-state index contributed by atoms with van der Waals surface area (Å²) in [6.45, 7) is 5.81. The Morgan fingerprint density at radius 3 is 2.62 bits per heavy atom. The second-order valence-electron chi connectivity index (χ2n) is 6.65. The van der Waals surface area contributed by atoms with Crippen molar-refractivity contribution in [2.45, 2.75) is 51.1 Å². The molecular formula is C17H28N4. The third-order valence-electron chi connectivity index (χ3n) is 5.01. The van der Waals surface area contributed by atoms with Gasteiger partial charge in [-0.2, -0.15) is 0 Å². The number of hydrogen-bond donors (Lipinski definition) is 1. The first-order valence-corrected chi connectivity index (χ1v) is 8.40. The lowest BCUT2D eigenvalue weighted by molar-refractivity contribution is 0.190. The van der Waals surface area contributed by atoms with Crippen LogP contribution in [0.5, 0.6) is 0 Å². The predicted molar refractivity (Wildman–Crippen MR) is 89.0 cm³/mol. The molecule has 0 spiro atoms. The average molecular weight is 288 g/mol. The van der Waals surface area contributed by atoms with Gasteiger partial charge >= 0.3 is 0 Å². The lowest BCUT2D eigenvalue weighted by Gasteiger charge is -2.35. The molecule has 116 valence electrons. The number of anilines is 2. The molecule has 0 radical (unpaired) electrons. The van der Waals surface area contributed by atoms with Gasteiger partial charge in [0.15, 0.2) is 0 Å². The van der Waals surface area contributed by atoms with Gasteiger partial charge in [-0.1, -0.05) is 0 Å². The van der Waals surface area contributed by atoms with Crippen LogP contribution in [0.1, 0.15) is 39.0 Å². The van der Waals surface area contributed by atoms with Gasteiger partial charge < -0.3 is 15.1 Å². The van der Waals surface area contributed by atoms with Crippen molar-refractivity contribution in [1.29, 1.82) is 0 Å². The van der Waals surface area contributed by atoms with Crippen LogP contribution in [0, 0.1) is 0 Å². The van der Waals surface area contributed by atoms with Gasteiger partial charge in [0, 0.05) is 31.7 Å². The highest BCUT2D eigenvalue weighted by Gasteiger charge is 2.22. The minimum Gasteiger partial charge on any atom is -0.381 e. The third-order valence-corrected chi connectivity index (χ3v) is 5.01. The summed E-state index contributed by atoms with van der Waals surface area (Å²) in [5.74, 6) is 1.14. The Labute approximate surface area is 128 Å². The van der Waals surface area contributed by atoms with Crippen LogP contribution in [-0.4, -0.2) is 48.6 Å². The summed E-state index contributed by atoms with van der Waals surface area (Å²) in [6, 6.07) is 5.61. The maximum Gasteiger partial charge on any atom is 0.128 e. The standard InChI is InChI=1S/C17H28N4/c1-14-12-15(8-11-20(14)2)19-16-6-7-17(18-13-16)21-9-4-3-5-10-21/h6-7,13-15,19H,3-5,8-12H2,1-2H3. The Morgan fingerprint density at radius 2 is 1.95 bits per heavy atom. The van der Waals surface area contributed by atoms with E-state index in [0.29, 0.717) is 12.1 Å². The van der Waals surface area contributed by atoms with Gasteiger partial charge in [0.2, 0.25) is 0 Å². The molecule has 1 aromatic heterocycles. The summed E-state index contributed by atoms with van der Waals surface area (Å²) in [5, 5.41) is 3.65. The zero-order chi connectivity index (χ0) is 14.7. The van der Waals surface area contributed by atoms with Crippen LogP contribution in [0.15, 0.2) is 18.3 Å². The van der Waals surface area contributed by atoms with Crippen molar-refractivity contribution in [3.63, 3.8) is 0 Å². The number of rotatable bonds is 3. The molecule has 0 saturated carbocycles. The Morgan fingerprint density at radius 1 is 1.14 bits per heavy atom. The zero-order valence-electron chi connectivity index (χ0n) is 13.4. The minimum atomic E-state index is 0.582. The topological polar surface area (TPSA) is 31.4 Å². The molecule has 0 amide bonds. The van der Waals surface area contributed by atoms with Crippen molar-refractivity contribution in [3.8, 4) is 0 Å². The van der Waals surface area contributed by atoms with Crippen molar-refractivity contribution in [2.24, 2.45) is 0 Å². The van der Waals surface area contributed by atoms with E-state index in [9.17, 15) is 0 Å². The van der Waals surface area contributed by atoms with Crippen molar-refractivity contribution in [3.05, 3.63) is 18.3 Å². The molecule has 2 fully saturated rings. The molecule has 2 unspecified atom stereocenters. The zero-order valence-corrected chi connectivity index (χ0v) is 13.4. The van der Waals surface area contributed by atoms with Crippen LogP contribution in [0.2, 0.25) is 0 Å². The lowest BCUT2D eigenvalue weighted by atomic mass is 9.99. The number of nitrogens with one attached hydrogen (secondary N) is 1. The van der Waals surface area contributed by atoms with Crippen LogP contribution >= 0.6 is 0 Å². The number of pyridine rings is 1. The molecule has 3 heterocycles. The quantitative estimate of drug-likeness (QED) is 0.926. The van der Waals surface area contributed by atoms with Crippen LogP contribution < -0.4 is 10.2 Å². The number of likely N-dealkylation sites (tertiary alicyclic amines) is 1. The maximum atomic E-state index is 4.65. The fourth-order valence-electron chi connectivity index (χ4n) is 3.44. The molecule has 2 aliphatic rings. The highest BCUT2D eigenvalue weighted by atomic mass is 15.2. The summed E-state index contributed by atoms with van der Waals surface area (Å²) < 4.78 is 0. The van der Waals surface area contributed by atoms with E-state index in [1.165, 1.54) is 38.6 Å². The summed E-state index contributed by atoms with van der Waals surface area (Å²) in [7, 11) is 2.22. The average Bonchev–Trinajstić information content (AvgIpc) is 2.53. The molecule has 0 bridgehead atoms. The molecule has 2 aliphatic heterocycles. The van der Waals surface area contributed by atoms with E-state index in [1.807, 2.05) is 6.20 Å². The first kappa shape index (κ1) is 14.6. The minimum absolute atomic E-state index is 0.582. The number of piperidine rings is 2. The van der Waals surface area contributed by atoms with Crippen LogP contribution in [0.25, 0.3) is 0 Å². The van der Waals surface area contributed by atoms with Crippen LogP contribution in [0.4, 0.5) is 11.5 Å². The second kappa shape index (κ2) is 6.65. The fourth-order valence-corrected chi connectivity index (χ4v) is 3.44. The van der Waals surface area contributed by atoms with E-state index in [4.69, 9.17) is 0 Å². The molecule has 0 aromatic carbocycles. The van der Waals surface area contributed by atoms with Crippen molar-refractivity contribution in [2.75, 3.05) is 36.9 Å². The monoisotopic (exact) mass is 288 g/mol. The summed E-state index contributed by atoms with van der Waals surface area (Å²) in [5.41, 5.74) is 1.16. The molecule has 2 atom stereocenters. The van der Waals surface area contributed by atoms with Gasteiger partial charge in [-0.15, -0.1) is 0 Å². The van der Waals surface area contributed by atoms with Crippen LogP contribution in [-0.2, 0) is 0 Å². The lowest BCUT2D eigenvalue weighted by Crippen LogP contribution is -2.42. The highest BCUT2D eigenvalue weighted by Crippen LogP contribution is 2.22. The number of aromatic nitrogens is 1. The van der Waals surface area contributed by atoms with E-state index in [-0.39, 0.29) is 0 Å². The molecule has 3 rings (SSSR count). The van der Waals surface area contributed by atoms with E-state index in [2.05, 4.69) is 46.2 Å². The fraction of sp³-hybridized carbons (Fsp3) is 0.706. The molecule has 1 aromatic rings. The van der Waals surface area contributed by atoms with Gasteiger partial charge in [0.25, 0.3) is 0 Å². The van der Waals surface area contributed by atoms with E-state index in [0.717, 1.165) is 24.6 Å². The van der Waals surface area contributed by atoms with E-state index >= 15 is 0 Å². The van der Waals surface area contributed by atoms with Crippen molar-refractivity contribution in [1.82, 2.24) is 9.88 Å². The van der Waals surface area contributed by atoms with Crippen LogP contribution in [0.3, 0.4) is 0 Å². The SMILES string of the molecule is CC1CC(Nc2ccc(N3CCCCC3)nc2)CCN1C. The maximum absolute atomic E-state index is 4.65. The molecule has 4 nitrogen and oxygen atoms in total. The van der Waals surface area contributed by atoms with Gasteiger partial charge in [-0.3, -0.25) is 0 Å². The Bertz CT molecular complexity index is 439. The first-order chi connectivity index (χ1) is 10.2. The summed E-state index contributed by atoms with van der Waals surface area (Å²) in [6.07, 6.45) is 8.40. The Kier molecular flexibility index (Phi) is 4.63. The highest BCUT2D eigenvalue weighted by molar-refractivity contribution is 5.49. The summed E-state index contributed by atoms with van der Waals surface area (Å²) in [4.78, 5) is 9.50.